The summed E-state index contributed by atoms with van der Waals surface area (Å²) in [7, 11) is 2.24. The van der Waals surface area contributed by atoms with E-state index in [-0.39, 0.29) is 5.91 Å². The third kappa shape index (κ3) is 2.12. The van der Waals surface area contributed by atoms with Crippen molar-refractivity contribution in [3.05, 3.63) is 35.5 Å². The molecule has 1 N–H and O–H groups in total. The van der Waals surface area contributed by atoms with E-state index >= 15 is 0 Å². The Morgan fingerprint density at radius 3 is 2.79 bits per heavy atom. The maximum Gasteiger partial charge on any atom is 0.253 e. The Bertz CT molecular complexity index is 795. The molecule has 2 atom stereocenters. The van der Waals surface area contributed by atoms with Crippen LogP contribution in [0.25, 0.3) is 10.9 Å². The maximum absolute atomic E-state index is 13.0. The van der Waals surface area contributed by atoms with E-state index in [4.69, 9.17) is 0 Å². The number of carbonyl (C=O) groups excluding carboxylic acids is 1. The molecular formula is C20H25N3O. The van der Waals surface area contributed by atoms with Crippen LogP contribution in [0.1, 0.15) is 48.0 Å². The van der Waals surface area contributed by atoms with Gasteiger partial charge in [0.25, 0.3) is 5.91 Å². The van der Waals surface area contributed by atoms with Crippen molar-refractivity contribution in [2.45, 2.75) is 63.2 Å². The van der Waals surface area contributed by atoms with E-state index in [0.717, 1.165) is 36.8 Å². The van der Waals surface area contributed by atoms with Gasteiger partial charge in [-0.2, -0.15) is 0 Å². The van der Waals surface area contributed by atoms with E-state index in [2.05, 4.69) is 46.2 Å². The molecule has 2 saturated heterocycles. The number of fused-ring (bicyclic) bond motifs is 2. The summed E-state index contributed by atoms with van der Waals surface area (Å²) in [5.74, 6) is 0.117. The minimum absolute atomic E-state index is 0.117. The lowest BCUT2D eigenvalue weighted by molar-refractivity contribution is 0.0884. The van der Waals surface area contributed by atoms with E-state index in [1.54, 1.807) is 0 Å². The van der Waals surface area contributed by atoms with Gasteiger partial charge in [-0.1, -0.05) is 18.2 Å². The smallest absolute Gasteiger partial charge is 0.253 e. The zero-order valence-corrected chi connectivity index (χ0v) is 14.3. The van der Waals surface area contributed by atoms with E-state index < -0.39 is 0 Å². The molecule has 0 saturated carbocycles. The number of para-hydroxylation sites is 1. The summed E-state index contributed by atoms with van der Waals surface area (Å²) in [5, 5.41) is 4.47. The fraction of sp³-hybridized carbons (Fsp3) is 0.550. The second-order valence-electron chi connectivity index (χ2n) is 7.85. The van der Waals surface area contributed by atoms with Crippen molar-refractivity contribution in [2.75, 3.05) is 7.05 Å². The fourth-order valence-electron chi connectivity index (χ4n) is 5.23. The predicted molar refractivity (Wildman–Crippen MR) is 95.3 cm³/mol. The molecule has 4 heteroatoms. The number of benzene rings is 1. The van der Waals surface area contributed by atoms with Gasteiger partial charge in [-0.15, -0.1) is 0 Å². The second-order valence-corrected chi connectivity index (χ2v) is 7.85. The first-order valence-electron chi connectivity index (χ1n) is 9.34. The van der Waals surface area contributed by atoms with Crippen LogP contribution in [0.4, 0.5) is 0 Å². The lowest BCUT2D eigenvalue weighted by Crippen LogP contribution is -2.48. The van der Waals surface area contributed by atoms with Gasteiger partial charge in [0.2, 0.25) is 0 Å². The molecule has 2 aromatic rings. The first kappa shape index (κ1) is 14.5. The summed E-state index contributed by atoms with van der Waals surface area (Å²) in [5.41, 5.74) is 3.52. The van der Waals surface area contributed by atoms with Crippen LogP contribution in [0.3, 0.4) is 0 Å². The highest BCUT2D eigenvalue weighted by Crippen LogP contribution is 2.35. The lowest BCUT2D eigenvalue weighted by Gasteiger charge is -2.36. The Balaban J connectivity index is 1.42. The Hall–Kier alpha value is -1.81. The Morgan fingerprint density at radius 1 is 1.21 bits per heavy atom. The average molecular weight is 323 g/mol. The van der Waals surface area contributed by atoms with Crippen LogP contribution in [0.2, 0.25) is 0 Å². The standard InChI is InChI=1S/C20H25N3O/c1-22-15-7-8-16(22)11-14(10-15)21-20(24)18-12-23-9-3-5-13-4-2-6-17(18)19(13)23/h2,4,6,12,14-16H,3,5,7-11H2,1H3,(H,21,24). The SMILES string of the molecule is CN1C2CCC1CC(NC(=O)c1cn3c4c(cccc14)CCC3)C2. The van der Waals surface area contributed by atoms with Gasteiger partial charge in [0.05, 0.1) is 11.1 Å². The second kappa shape index (κ2) is 5.35. The number of nitrogens with one attached hydrogen (secondary N) is 1. The number of amides is 1. The maximum atomic E-state index is 13.0. The molecule has 4 heterocycles. The molecule has 4 nitrogen and oxygen atoms in total. The highest BCUT2D eigenvalue weighted by molar-refractivity contribution is 6.07. The number of nitrogens with zero attached hydrogens (tertiary/aromatic N) is 2. The normalized spacial score (nSPS) is 29.1. The van der Waals surface area contributed by atoms with Crippen molar-refractivity contribution in [2.24, 2.45) is 0 Å². The highest BCUT2D eigenvalue weighted by atomic mass is 16.1. The van der Waals surface area contributed by atoms with Crippen LogP contribution in [0.15, 0.2) is 24.4 Å². The first-order valence-corrected chi connectivity index (χ1v) is 9.34. The molecule has 2 fully saturated rings. The quantitative estimate of drug-likeness (QED) is 0.922. The molecule has 1 aromatic carbocycles. The van der Waals surface area contributed by atoms with Crippen LogP contribution < -0.4 is 5.32 Å². The molecular weight excluding hydrogens is 298 g/mol. The molecule has 1 aromatic heterocycles. The van der Waals surface area contributed by atoms with Gasteiger partial charge in [0, 0.05) is 36.3 Å². The molecule has 24 heavy (non-hydrogen) atoms. The van der Waals surface area contributed by atoms with E-state index in [0.29, 0.717) is 18.1 Å². The summed E-state index contributed by atoms with van der Waals surface area (Å²) in [4.78, 5) is 15.5. The summed E-state index contributed by atoms with van der Waals surface area (Å²) in [6.07, 6.45) is 9.14. The van der Waals surface area contributed by atoms with E-state index in [1.165, 1.54) is 30.3 Å². The molecule has 3 aliphatic rings. The summed E-state index contributed by atoms with van der Waals surface area (Å²) in [6, 6.07) is 8.05. The minimum atomic E-state index is 0.117. The molecule has 126 valence electrons. The third-order valence-corrected chi connectivity index (χ3v) is 6.51. The predicted octanol–water partition coefficient (Wildman–Crippen LogP) is 2.94. The number of hydrogen-bond donors (Lipinski definition) is 1. The fourth-order valence-corrected chi connectivity index (χ4v) is 5.23. The van der Waals surface area contributed by atoms with Crippen molar-refractivity contribution < 1.29 is 4.79 Å². The number of carbonyl (C=O) groups is 1. The van der Waals surface area contributed by atoms with Gasteiger partial charge in [-0.25, -0.2) is 0 Å². The monoisotopic (exact) mass is 323 g/mol. The molecule has 0 aliphatic carbocycles. The topological polar surface area (TPSA) is 37.3 Å². The van der Waals surface area contributed by atoms with Crippen LogP contribution >= 0.6 is 0 Å². The van der Waals surface area contributed by atoms with E-state index in [9.17, 15) is 4.79 Å². The number of aryl methyl sites for hydroxylation is 2. The van der Waals surface area contributed by atoms with Gasteiger partial charge in [0.1, 0.15) is 0 Å². The molecule has 2 bridgehead atoms. The third-order valence-electron chi connectivity index (χ3n) is 6.51. The van der Waals surface area contributed by atoms with E-state index in [1.807, 2.05) is 0 Å². The summed E-state index contributed by atoms with van der Waals surface area (Å²) >= 11 is 0. The number of hydrogen-bond acceptors (Lipinski definition) is 2. The Labute approximate surface area is 142 Å². The number of piperidine rings is 1. The lowest BCUT2D eigenvalue weighted by atomic mass is 9.97. The largest absolute Gasteiger partial charge is 0.349 e. The van der Waals surface area contributed by atoms with Gasteiger partial charge >= 0.3 is 0 Å². The Morgan fingerprint density at radius 2 is 2.00 bits per heavy atom. The molecule has 2 unspecified atom stereocenters. The first-order chi connectivity index (χ1) is 11.7. The summed E-state index contributed by atoms with van der Waals surface area (Å²) < 4.78 is 2.28. The van der Waals surface area contributed by atoms with Crippen LogP contribution in [-0.4, -0.2) is 40.5 Å². The molecule has 0 radical (unpaired) electrons. The van der Waals surface area contributed by atoms with Gasteiger partial charge in [-0.3, -0.25) is 4.79 Å². The number of rotatable bonds is 2. The van der Waals surface area contributed by atoms with Crippen LogP contribution in [-0.2, 0) is 13.0 Å². The Kier molecular flexibility index (Phi) is 3.24. The number of aromatic nitrogens is 1. The van der Waals surface area contributed by atoms with Crippen LogP contribution in [0.5, 0.6) is 0 Å². The van der Waals surface area contributed by atoms with Gasteiger partial charge in [0.15, 0.2) is 0 Å². The zero-order valence-electron chi connectivity index (χ0n) is 14.3. The molecule has 5 rings (SSSR count). The zero-order chi connectivity index (χ0) is 16.3. The minimum Gasteiger partial charge on any atom is -0.349 e. The van der Waals surface area contributed by atoms with Crippen molar-refractivity contribution in [3.8, 4) is 0 Å². The van der Waals surface area contributed by atoms with Gasteiger partial charge in [-0.05, 0) is 51.1 Å². The summed E-state index contributed by atoms with van der Waals surface area (Å²) in [6.45, 7) is 1.03. The highest BCUT2D eigenvalue weighted by Gasteiger charge is 2.39. The van der Waals surface area contributed by atoms with Crippen LogP contribution in [0, 0.1) is 0 Å². The van der Waals surface area contributed by atoms with Crippen molar-refractivity contribution in [1.82, 2.24) is 14.8 Å². The average Bonchev–Trinajstić information content (AvgIpc) is 3.04. The molecule has 0 spiro atoms. The van der Waals surface area contributed by atoms with Crippen molar-refractivity contribution in [1.29, 1.82) is 0 Å². The molecule has 3 aliphatic heterocycles. The van der Waals surface area contributed by atoms with Gasteiger partial charge < -0.3 is 14.8 Å². The molecule has 1 amide bonds. The van der Waals surface area contributed by atoms with Crippen molar-refractivity contribution in [3.63, 3.8) is 0 Å². The van der Waals surface area contributed by atoms with Crippen molar-refractivity contribution >= 4 is 16.8 Å².